The molecule has 1 unspecified atom stereocenters. The molecule has 20 heavy (non-hydrogen) atoms. The predicted molar refractivity (Wildman–Crippen MR) is 78.0 cm³/mol. The maximum atomic E-state index is 11.4. The van der Waals surface area contributed by atoms with E-state index in [4.69, 9.17) is 0 Å². The molecule has 2 aromatic rings. The number of aromatic nitrogens is 2. The number of hydrogen-bond acceptors (Lipinski definition) is 2. The van der Waals surface area contributed by atoms with Crippen molar-refractivity contribution in [2.45, 2.75) is 45.6 Å². The Balaban J connectivity index is 2.09. The van der Waals surface area contributed by atoms with Gasteiger partial charge in [-0.25, -0.2) is 4.98 Å². The lowest BCUT2D eigenvalue weighted by atomic mass is 9.88. The molecule has 0 aliphatic heterocycles. The second-order valence-corrected chi connectivity index (χ2v) is 6.07. The molecule has 1 heterocycles. The summed E-state index contributed by atoms with van der Waals surface area (Å²) in [5.74, 6) is -0.142. The summed E-state index contributed by atoms with van der Waals surface area (Å²) in [6.07, 6.45) is 2.44. The smallest absolute Gasteiger partial charge is 0.311 e. The largest absolute Gasteiger partial charge is 0.481 e. The summed E-state index contributed by atoms with van der Waals surface area (Å²) in [5.41, 5.74) is 2.89. The molecule has 1 aliphatic rings. The minimum atomic E-state index is -0.766. The van der Waals surface area contributed by atoms with Gasteiger partial charge < -0.3 is 9.67 Å². The molecule has 0 amide bonds. The number of rotatable bonds is 4. The molecule has 3 rings (SSSR count). The molecule has 106 valence electrons. The van der Waals surface area contributed by atoms with Crippen molar-refractivity contribution < 1.29 is 9.90 Å². The predicted octanol–water partition coefficient (Wildman–Crippen LogP) is 3.50. The Kier molecular flexibility index (Phi) is 3.04. The van der Waals surface area contributed by atoms with E-state index in [0.717, 1.165) is 22.4 Å². The number of carbonyl (C=O) groups is 1. The monoisotopic (exact) mass is 272 g/mol. The number of benzene rings is 1. The van der Waals surface area contributed by atoms with Crippen molar-refractivity contribution in [1.29, 1.82) is 0 Å². The number of aryl methyl sites for hydroxylation is 1. The SMILES string of the molecule is Cc1nc2cc(C(C(=O)O)C(C)C)ccc2n1C1CC1. The van der Waals surface area contributed by atoms with Crippen LogP contribution >= 0.6 is 0 Å². The summed E-state index contributed by atoms with van der Waals surface area (Å²) < 4.78 is 2.28. The maximum absolute atomic E-state index is 11.4. The molecule has 1 fully saturated rings. The van der Waals surface area contributed by atoms with Gasteiger partial charge >= 0.3 is 5.97 Å². The topological polar surface area (TPSA) is 55.1 Å². The number of carboxylic acids is 1. The third-order valence-electron chi connectivity index (χ3n) is 4.09. The van der Waals surface area contributed by atoms with Gasteiger partial charge in [0, 0.05) is 6.04 Å². The molecule has 0 radical (unpaired) electrons. The van der Waals surface area contributed by atoms with Crippen molar-refractivity contribution in [3.8, 4) is 0 Å². The molecule has 0 saturated heterocycles. The zero-order chi connectivity index (χ0) is 14.4. The molecule has 1 aromatic heterocycles. The summed E-state index contributed by atoms with van der Waals surface area (Å²) >= 11 is 0. The van der Waals surface area contributed by atoms with Crippen LogP contribution in [-0.2, 0) is 4.79 Å². The molecule has 4 nitrogen and oxygen atoms in total. The van der Waals surface area contributed by atoms with Crippen molar-refractivity contribution in [1.82, 2.24) is 9.55 Å². The van der Waals surface area contributed by atoms with Gasteiger partial charge in [-0.05, 0) is 43.4 Å². The number of imidazole rings is 1. The number of hydrogen-bond donors (Lipinski definition) is 1. The van der Waals surface area contributed by atoms with Gasteiger partial charge in [-0.1, -0.05) is 19.9 Å². The normalized spacial score (nSPS) is 16.8. The molecule has 0 bridgehead atoms. The molecule has 1 saturated carbocycles. The van der Waals surface area contributed by atoms with Gasteiger partial charge in [-0.2, -0.15) is 0 Å². The first-order chi connectivity index (χ1) is 9.49. The summed E-state index contributed by atoms with van der Waals surface area (Å²) in [4.78, 5) is 16.0. The van der Waals surface area contributed by atoms with Crippen molar-refractivity contribution in [2.24, 2.45) is 5.92 Å². The standard InChI is InChI=1S/C16H20N2O2/c1-9(2)15(16(19)20)11-4-7-14-13(8-11)17-10(3)18(14)12-5-6-12/h4,7-9,12,15H,5-6H2,1-3H3,(H,19,20). The second-order valence-electron chi connectivity index (χ2n) is 6.07. The highest BCUT2D eigenvalue weighted by molar-refractivity contribution is 5.82. The fourth-order valence-corrected chi connectivity index (χ4v) is 3.04. The summed E-state index contributed by atoms with van der Waals surface area (Å²) in [7, 11) is 0. The quantitative estimate of drug-likeness (QED) is 0.926. The lowest BCUT2D eigenvalue weighted by Crippen LogP contribution is -2.17. The summed E-state index contributed by atoms with van der Waals surface area (Å²) in [6, 6.07) is 6.51. The maximum Gasteiger partial charge on any atom is 0.311 e. The average molecular weight is 272 g/mol. The van der Waals surface area contributed by atoms with Gasteiger partial charge in [-0.15, -0.1) is 0 Å². The molecule has 1 N–H and O–H groups in total. The lowest BCUT2D eigenvalue weighted by molar-refractivity contribution is -0.139. The number of fused-ring (bicyclic) bond motifs is 1. The molecular formula is C16H20N2O2. The highest BCUT2D eigenvalue weighted by Crippen LogP contribution is 2.39. The van der Waals surface area contributed by atoms with Crippen LogP contribution in [0.4, 0.5) is 0 Å². The van der Waals surface area contributed by atoms with Crippen LogP contribution in [0, 0.1) is 12.8 Å². The van der Waals surface area contributed by atoms with Crippen LogP contribution in [0.25, 0.3) is 11.0 Å². The highest BCUT2D eigenvalue weighted by atomic mass is 16.4. The number of nitrogens with zero attached hydrogens (tertiary/aromatic N) is 2. The Hall–Kier alpha value is -1.84. The van der Waals surface area contributed by atoms with Gasteiger partial charge in [-0.3, -0.25) is 4.79 Å². The highest BCUT2D eigenvalue weighted by Gasteiger charge is 2.28. The molecule has 1 aliphatic carbocycles. The van der Waals surface area contributed by atoms with Gasteiger partial charge in [0.05, 0.1) is 17.0 Å². The molecule has 4 heteroatoms. The van der Waals surface area contributed by atoms with Gasteiger partial charge in [0.15, 0.2) is 0 Å². The first-order valence-corrected chi connectivity index (χ1v) is 7.20. The van der Waals surface area contributed by atoms with E-state index in [1.54, 1.807) is 0 Å². The van der Waals surface area contributed by atoms with Crippen molar-refractivity contribution in [3.05, 3.63) is 29.6 Å². The zero-order valence-corrected chi connectivity index (χ0v) is 12.1. The van der Waals surface area contributed by atoms with E-state index in [1.807, 2.05) is 39.0 Å². The second kappa shape index (κ2) is 4.62. The van der Waals surface area contributed by atoms with Crippen LogP contribution in [0.2, 0.25) is 0 Å². The minimum Gasteiger partial charge on any atom is -0.481 e. The van der Waals surface area contributed by atoms with Crippen LogP contribution in [0.3, 0.4) is 0 Å². The van der Waals surface area contributed by atoms with E-state index >= 15 is 0 Å². The van der Waals surface area contributed by atoms with E-state index in [0.29, 0.717) is 6.04 Å². The first kappa shape index (κ1) is 13.2. The van der Waals surface area contributed by atoms with Gasteiger partial charge in [0.2, 0.25) is 0 Å². The zero-order valence-electron chi connectivity index (χ0n) is 12.1. The van der Waals surface area contributed by atoms with Crippen molar-refractivity contribution >= 4 is 17.0 Å². The molecule has 0 spiro atoms. The van der Waals surface area contributed by atoms with Crippen LogP contribution in [0.15, 0.2) is 18.2 Å². The van der Waals surface area contributed by atoms with Crippen molar-refractivity contribution in [3.63, 3.8) is 0 Å². The van der Waals surface area contributed by atoms with E-state index in [2.05, 4.69) is 9.55 Å². The van der Waals surface area contributed by atoms with Crippen molar-refractivity contribution in [2.75, 3.05) is 0 Å². The van der Waals surface area contributed by atoms with E-state index < -0.39 is 11.9 Å². The Morgan fingerprint density at radius 3 is 2.65 bits per heavy atom. The first-order valence-electron chi connectivity index (χ1n) is 7.20. The third-order valence-corrected chi connectivity index (χ3v) is 4.09. The average Bonchev–Trinajstić information content (AvgIpc) is 3.11. The molecule has 1 atom stereocenters. The Morgan fingerprint density at radius 1 is 1.40 bits per heavy atom. The van der Waals surface area contributed by atoms with Gasteiger partial charge in [0.1, 0.15) is 5.82 Å². The van der Waals surface area contributed by atoms with E-state index in [-0.39, 0.29) is 5.92 Å². The summed E-state index contributed by atoms with van der Waals surface area (Å²) in [6.45, 7) is 5.91. The lowest BCUT2D eigenvalue weighted by Gasteiger charge is -2.16. The molecular weight excluding hydrogens is 252 g/mol. The number of carboxylic acid groups (broad SMARTS) is 1. The Morgan fingerprint density at radius 2 is 2.10 bits per heavy atom. The fourth-order valence-electron chi connectivity index (χ4n) is 3.04. The number of aliphatic carboxylic acids is 1. The van der Waals surface area contributed by atoms with E-state index in [1.165, 1.54) is 12.8 Å². The van der Waals surface area contributed by atoms with Crippen LogP contribution < -0.4 is 0 Å². The van der Waals surface area contributed by atoms with Crippen LogP contribution in [-0.4, -0.2) is 20.6 Å². The third kappa shape index (κ3) is 2.09. The van der Waals surface area contributed by atoms with Crippen LogP contribution in [0.5, 0.6) is 0 Å². The fraction of sp³-hybridized carbons (Fsp3) is 0.500. The molecule has 1 aromatic carbocycles. The summed E-state index contributed by atoms with van der Waals surface area (Å²) in [5, 5.41) is 9.40. The Bertz CT molecular complexity index is 668. The van der Waals surface area contributed by atoms with Gasteiger partial charge in [0.25, 0.3) is 0 Å². The van der Waals surface area contributed by atoms with Crippen LogP contribution in [0.1, 0.15) is 50.0 Å². The minimum absolute atomic E-state index is 0.0663. The Labute approximate surface area is 118 Å². The van der Waals surface area contributed by atoms with E-state index in [9.17, 15) is 9.90 Å².